The first-order valence-electron chi connectivity index (χ1n) is 9.01. The second kappa shape index (κ2) is 7.78. The lowest BCUT2D eigenvalue weighted by Gasteiger charge is -2.35. The van der Waals surface area contributed by atoms with E-state index in [0.717, 1.165) is 25.1 Å². The van der Waals surface area contributed by atoms with Gasteiger partial charge in [-0.2, -0.15) is 0 Å². The summed E-state index contributed by atoms with van der Waals surface area (Å²) in [6.07, 6.45) is 5.14. The molecule has 3 rings (SSSR count). The molecule has 25 heavy (non-hydrogen) atoms. The fourth-order valence-corrected chi connectivity index (χ4v) is 3.29. The summed E-state index contributed by atoms with van der Waals surface area (Å²) in [4.78, 5) is 12.4. The topological polar surface area (TPSA) is 80.0 Å². The van der Waals surface area contributed by atoms with Crippen LogP contribution < -0.4 is 5.32 Å². The SMILES string of the molecule is CCCCc1ccc(C(=O)NC2CC(c3nnc(CO)n3C)C2)cc1. The molecule has 1 aliphatic carbocycles. The maximum Gasteiger partial charge on any atom is 0.251 e. The average Bonchev–Trinajstić information content (AvgIpc) is 2.96. The zero-order valence-corrected chi connectivity index (χ0v) is 14.9. The van der Waals surface area contributed by atoms with Crippen molar-refractivity contribution in [2.75, 3.05) is 0 Å². The molecule has 1 fully saturated rings. The average molecular weight is 342 g/mol. The smallest absolute Gasteiger partial charge is 0.251 e. The Balaban J connectivity index is 1.50. The van der Waals surface area contributed by atoms with Gasteiger partial charge in [-0.1, -0.05) is 25.5 Å². The summed E-state index contributed by atoms with van der Waals surface area (Å²) in [5, 5.41) is 20.4. The highest BCUT2D eigenvalue weighted by molar-refractivity contribution is 5.94. The number of benzene rings is 1. The molecule has 0 unspecified atom stereocenters. The molecule has 1 aromatic heterocycles. The molecule has 0 aliphatic heterocycles. The Morgan fingerprint density at radius 1 is 1.28 bits per heavy atom. The first-order valence-corrected chi connectivity index (χ1v) is 9.01. The largest absolute Gasteiger partial charge is 0.388 e. The summed E-state index contributed by atoms with van der Waals surface area (Å²) >= 11 is 0. The monoisotopic (exact) mass is 342 g/mol. The van der Waals surface area contributed by atoms with Crippen LogP contribution >= 0.6 is 0 Å². The van der Waals surface area contributed by atoms with Crippen LogP contribution in [0.25, 0.3) is 0 Å². The number of aromatic nitrogens is 3. The summed E-state index contributed by atoms with van der Waals surface area (Å²) in [6, 6.07) is 8.08. The summed E-state index contributed by atoms with van der Waals surface area (Å²) in [6.45, 7) is 2.07. The summed E-state index contributed by atoms with van der Waals surface area (Å²) < 4.78 is 1.84. The molecule has 0 bridgehead atoms. The third-order valence-electron chi connectivity index (χ3n) is 5.01. The molecule has 0 saturated heterocycles. The van der Waals surface area contributed by atoms with E-state index in [2.05, 4.69) is 22.4 Å². The lowest BCUT2D eigenvalue weighted by molar-refractivity contribution is 0.0907. The van der Waals surface area contributed by atoms with E-state index in [4.69, 9.17) is 0 Å². The zero-order valence-electron chi connectivity index (χ0n) is 14.9. The number of aliphatic hydroxyl groups excluding tert-OH is 1. The van der Waals surface area contributed by atoms with E-state index in [-0.39, 0.29) is 18.6 Å². The van der Waals surface area contributed by atoms with Crippen LogP contribution in [0.4, 0.5) is 0 Å². The minimum atomic E-state index is -0.107. The summed E-state index contributed by atoms with van der Waals surface area (Å²) in [7, 11) is 1.87. The number of carbonyl (C=O) groups excluding carboxylic acids is 1. The molecule has 1 heterocycles. The Kier molecular flexibility index (Phi) is 5.48. The molecule has 2 N–H and O–H groups in total. The van der Waals surface area contributed by atoms with Crippen molar-refractivity contribution in [2.45, 2.75) is 57.6 Å². The minimum absolute atomic E-state index is 0.0143. The van der Waals surface area contributed by atoms with Crippen molar-refractivity contribution >= 4 is 5.91 Å². The van der Waals surface area contributed by atoms with Gasteiger partial charge < -0.3 is 15.0 Å². The molecule has 0 spiro atoms. The fourth-order valence-electron chi connectivity index (χ4n) is 3.29. The highest BCUT2D eigenvalue weighted by atomic mass is 16.3. The van der Waals surface area contributed by atoms with Crippen molar-refractivity contribution in [2.24, 2.45) is 7.05 Å². The van der Waals surface area contributed by atoms with Crippen molar-refractivity contribution in [3.05, 3.63) is 47.0 Å². The molecule has 6 heteroatoms. The van der Waals surface area contributed by atoms with E-state index in [1.807, 2.05) is 35.9 Å². The molecule has 1 aromatic carbocycles. The van der Waals surface area contributed by atoms with Gasteiger partial charge in [-0.15, -0.1) is 10.2 Å². The predicted molar refractivity (Wildman–Crippen MR) is 95.2 cm³/mol. The van der Waals surface area contributed by atoms with Crippen molar-refractivity contribution < 1.29 is 9.90 Å². The predicted octanol–water partition coefficient (Wildman–Crippen LogP) is 2.33. The van der Waals surface area contributed by atoms with Gasteiger partial charge in [0.25, 0.3) is 5.91 Å². The van der Waals surface area contributed by atoms with Gasteiger partial charge in [-0.25, -0.2) is 0 Å². The molecular formula is C19H26N4O2. The molecule has 2 aromatic rings. The van der Waals surface area contributed by atoms with Gasteiger partial charge in [0.2, 0.25) is 0 Å². The lowest BCUT2D eigenvalue weighted by atomic mass is 9.79. The van der Waals surface area contributed by atoms with Crippen molar-refractivity contribution in [3.63, 3.8) is 0 Å². The van der Waals surface area contributed by atoms with Crippen molar-refractivity contribution in [1.82, 2.24) is 20.1 Å². The zero-order chi connectivity index (χ0) is 17.8. The Labute approximate surface area is 148 Å². The van der Waals surface area contributed by atoms with Gasteiger partial charge in [0.05, 0.1) is 0 Å². The highest BCUT2D eigenvalue weighted by Gasteiger charge is 2.34. The molecule has 0 atom stereocenters. The quantitative estimate of drug-likeness (QED) is 0.809. The molecule has 134 valence electrons. The van der Waals surface area contributed by atoms with Crippen molar-refractivity contribution in [1.29, 1.82) is 0 Å². The number of hydrogen-bond donors (Lipinski definition) is 2. The van der Waals surface area contributed by atoms with Crippen LogP contribution in [0.5, 0.6) is 0 Å². The van der Waals surface area contributed by atoms with E-state index < -0.39 is 0 Å². The van der Waals surface area contributed by atoms with Crippen LogP contribution in [-0.4, -0.2) is 31.8 Å². The Bertz CT molecular complexity index is 718. The molecule has 1 amide bonds. The van der Waals surface area contributed by atoms with Gasteiger partial charge in [0.1, 0.15) is 12.4 Å². The first kappa shape index (κ1) is 17.6. The van der Waals surface area contributed by atoms with Crippen LogP contribution in [0.1, 0.15) is 66.1 Å². The number of amides is 1. The van der Waals surface area contributed by atoms with E-state index in [1.54, 1.807) is 0 Å². The normalized spacial score (nSPS) is 19.5. The Hall–Kier alpha value is -2.21. The van der Waals surface area contributed by atoms with Crippen molar-refractivity contribution in [3.8, 4) is 0 Å². The molecule has 0 radical (unpaired) electrons. The maximum atomic E-state index is 12.4. The van der Waals surface area contributed by atoms with Crippen LogP contribution in [0.3, 0.4) is 0 Å². The Morgan fingerprint density at radius 2 is 2.00 bits per heavy atom. The number of nitrogens with zero attached hydrogens (tertiary/aromatic N) is 3. The standard InChI is InChI=1S/C19H26N4O2/c1-3-4-5-13-6-8-14(9-7-13)19(25)20-16-10-15(11-16)18-22-21-17(12-24)23(18)2/h6-9,15-16,24H,3-5,10-12H2,1-2H3,(H,20,25). The number of hydrogen-bond acceptors (Lipinski definition) is 4. The van der Waals surface area contributed by atoms with E-state index >= 15 is 0 Å². The van der Waals surface area contributed by atoms with Gasteiger partial charge in [-0.3, -0.25) is 4.79 Å². The summed E-state index contributed by atoms with van der Waals surface area (Å²) in [5.74, 6) is 1.74. The molecule has 6 nitrogen and oxygen atoms in total. The number of aryl methyl sites for hydroxylation is 1. The molecule has 1 saturated carbocycles. The number of unbranched alkanes of at least 4 members (excludes halogenated alkanes) is 1. The van der Waals surface area contributed by atoms with Gasteiger partial charge >= 0.3 is 0 Å². The minimum Gasteiger partial charge on any atom is -0.388 e. The number of nitrogens with one attached hydrogen (secondary N) is 1. The molecule has 1 aliphatic rings. The number of carbonyl (C=O) groups is 1. The van der Waals surface area contributed by atoms with E-state index in [0.29, 0.717) is 17.3 Å². The highest BCUT2D eigenvalue weighted by Crippen LogP contribution is 2.36. The van der Waals surface area contributed by atoms with Crippen LogP contribution in [0.2, 0.25) is 0 Å². The lowest BCUT2D eigenvalue weighted by Crippen LogP contribution is -2.44. The van der Waals surface area contributed by atoms with Crippen LogP contribution in [-0.2, 0) is 20.1 Å². The number of rotatable bonds is 7. The maximum absolute atomic E-state index is 12.4. The second-order valence-electron chi connectivity index (χ2n) is 6.83. The number of aliphatic hydroxyl groups is 1. The van der Waals surface area contributed by atoms with Gasteiger partial charge in [-0.05, 0) is 43.4 Å². The van der Waals surface area contributed by atoms with E-state index in [1.165, 1.54) is 18.4 Å². The van der Waals surface area contributed by atoms with Crippen LogP contribution in [0.15, 0.2) is 24.3 Å². The van der Waals surface area contributed by atoms with Gasteiger partial charge in [0.15, 0.2) is 5.82 Å². The van der Waals surface area contributed by atoms with E-state index in [9.17, 15) is 9.90 Å². The molecular weight excluding hydrogens is 316 g/mol. The third kappa shape index (κ3) is 3.90. The second-order valence-corrected chi connectivity index (χ2v) is 6.83. The Morgan fingerprint density at radius 3 is 2.60 bits per heavy atom. The van der Waals surface area contributed by atoms with Crippen LogP contribution in [0, 0.1) is 0 Å². The van der Waals surface area contributed by atoms with Gasteiger partial charge in [0, 0.05) is 24.6 Å². The fraction of sp³-hybridized carbons (Fsp3) is 0.526. The summed E-state index contributed by atoms with van der Waals surface area (Å²) in [5.41, 5.74) is 1.99. The third-order valence-corrected chi connectivity index (χ3v) is 5.01. The first-order chi connectivity index (χ1) is 12.1.